The van der Waals surface area contributed by atoms with Crippen LogP contribution in [0.3, 0.4) is 0 Å². The molecule has 2 nitrogen and oxygen atoms in total. The average molecular weight is 184 g/mol. The molecule has 0 saturated carbocycles. The quantitative estimate of drug-likeness (QED) is 0.362. The number of hydrogen-bond acceptors (Lipinski definition) is 1. The van der Waals surface area contributed by atoms with E-state index in [0.29, 0.717) is 0 Å². The van der Waals surface area contributed by atoms with E-state index in [1.54, 1.807) is 0 Å². The molecule has 0 N–H and O–H groups in total. The second kappa shape index (κ2) is 5.28. The molecule has 0 unspecified atom stereocenters. The summed E-state index contributed by atoms with van der Waals surface area (Å²) in [5, 5.41) is 0. The van der Waals surface area contributed by atoms with E-state index < -0.39 is 0 Å². The van der Waals surface area contributed by atoms with Crippen molar-refractivity contribution >= 4 is 0 Å². The number of hydrogen-bond donors (Lipinski definition) is 0. The molecule has 1 heterocycles. The zero-order chi connectivity index (χ0) is 9.57. The lowest BCUT2D eigenvalue weighted by Crippen LogP contribution is -2.39. The SMILES string of the molecule is CCCO/C=C/[N+]1(CC)CCCC1. The molecule has 13 heavy (non-hydrogen) atoms. The van der Waals surface area contributed by atoms with Crippen LogP contribution in [0.25, 0.3) is 0 Å². The topological polar surface area (TPSA) is 9.23 Å². The van der Waals surface area contributed by atoms with Crippen LogP contribution >= 0.6 is 0 Å². The van der Waals surface area contributed by atoms with Crippen LogP contribution in [0.1, 0.15) is 33.1 Å². The summed E-state index contributed by atoms with van der Waals surface area (Å²) in [6.07, 6.45) is 7.97. The van der Waals surface area contributed by atoms with E-state index in [4.69, 9.17) is 4.74 Å². The van der Waals surface area contributed by atoms with E-state index >= 15 is 0 Å². The molecule has 0 atom stereocenters. The largest absolute Gasteiger partial charge is 0.496 e. The van der Waals surface area contributed by atoms with E-state index in [0.717, 1.165) is 17.5 Å². The van der Waals surface area contributed by atoms with Crippen molar-refractivity contribution in [1.29, 1.82) is 0 Å². The van der Waals surface area contributed by atoms with E-state index in [-0.39, 0.29) is 0 Å². The maximum Gasteiger partial charge on any atom is 0.136 e. The minimum atomic E-state index is 0.847. The highest BCUT2D eigenvalue weighted by Crippen LogP contribution is 2.19. The summed E-state index contributed by atoms with van der Waals surface area (Å²) in [4.78, 5) is 0. The van der Waals surface area contributed by atoms with Gasteiger partial charge in [-0.3, -0.25) is 4.48 Å². The number of ether oxygens (including phenoxy) is 1. The zero-order valence-electron chi connectivity index (χ0n) is 8.96. The molecule has 0 aromatic heterocycles. The maximum absolute atomic E-state index is 5.38. The summed E-state index contributed by atoms with van der Waals surface area (Å²) < 4.78 is 6.50. The van der Waals surface area contributed by atoms with Gasteiger partial charge in [0.15, 0.2) is 0 Å². The second-order valence-electron chi connectivity index (χ2n) is 3.85. The lowest BCUT2D eigenvalue weighted by molar-refractivity contribution is -0.865. The molecule has 0 aliphatic carbocycles. The van der Waals surface area contributed by atoms with E-state index in [9.17, 15) is 0 Å². The Hall–Kier alpha value is -0.500. The highest BCUT2D eigenvalue weighted by molar-refractivity contribution is 4.68. The molecule has 1 rings (SSSR count). The Morgan fingerprint density at radius 1 is 1.23 bits per heavy atom. The molecule has 0 amide bonds. The van der Waals surface area contributed by atoms with Crippen LogP contribution in [0, 0.1) is 0 Å². The Kier molecular flexibility index (Phi) is 4.29. The van der Waals surface area contributed by atoms with Crippen molar-refractivity contribution in [1.82, 2.24) is 0 Å². The molecule has 1 aliphatic rings. The molecule has 1 saturated heterocycles. The Labute approximate surface area is 81.8 Å². The first-order valence-corrected chi connectivity index (χ1v) is 5.48. The van der Waals surface area contributed by atoms with Crippen molar-refractivity contribution in [3.8, 4) is 0 Å². The molecule has 0 bridgehead atoms. The van der Waals surface area contributed by atoms with Gasteiger partial charge in [-0.2, -0.15) is 0 Å². The molecular formula is C11H22NO+. The highest BCUT2D eigenvalue weighted by atomic mass is 16.5. The highest BCUT2D eigenvalue weighted by Gasteiger charge is 2.27. The van der Waals surface area contributed by atoms with Crippen LogP contribution in [0.4, 0.5) is 0 Å². The van der Waals surface area contributed by atoms with Gasteiger partial charge in [0, 0.05) is 12.8 Å². The Morgan fingerprint density at radius 3 is 2.46 bits per heavy atom. The number of rotatable bonds is 5. The van der Waals surface area contributed by atoms with Gasteiger partial charge in [-0.15, -0.1) is 0 Å². The third kappa shape index (κ3) is 3.03. The van der Waals surface area contributed by atoms with Gasteiger partial charge in [-0.05, 0) is 13.3 Å². The van der Waals surface area contributed by atoms with Crippen LogP contribution in [0.2, 0.25) is 0 Å². The predicted molar refractivity (Wildman–Crippen MR) is 55.2 cm³/mol. The minimum Gasteiger partial charge on any atom is -0.496 e. The fourth-order valence-electron chi connectivity index (χ4n) is 1.89. The monoisotopic (exact) mass is 184 g/mol. The molecule has 0 radical (unpaired) electrons. The third-order valence-corrected chi connectivity index (χ3v) is 2.88. The smallest absolute Gasteiger partial charge is 0.136 e. The molecular weight excluding hydrogens is 162 g/mol. The number of likely N-dealkylation sites (tertiary alicyclic amines) is 1. The molecule has 0 aromatic carbocycles. The second-order valence-corrected chi connectivity index (χ2v) is 3.85. The first-order valence-electron chi connectivity index (χ1n) is 5.48. The van der Waals surface area contributed by atoms with Crippen molar-refractivity contribution in [3.05, 3.63) is 12.5 Å². The molecule has 0 spiro atoms. The zero-order valence-corrected chi connectivity index (χ0v) is 8.96. The lowest BCUT2D eigenvalue weighted by Gasteiger charge is -2.27. The van der Waals surface area contributed by atoms with Crippen molar-refractivity contribution in [2.24, 2.45) is 0 Å². The minimum absolute atomic E-state index is 0.847. The van der Waals surface area contributed by atoms with Gasteiger partial charge in [0.2, 0.25) is 0 Å². The normalized spacial score (nSPS) is 21.1. The van der Waals surface area contributed by atoms with Crippen LogP contribution < -0.4 is 0 Å². The van der Waals surface area contributed by atoms with Crippen LogP contribution in [-0.2, 0) is 4.74 Å². The summed E-state index contributed by atoms with van der Waals surface area (Å²) in [5.41, 5.74) is 0. The predicted octanol–water partition coefficient (Wildman–Crippen LogP) is 2.51. The summed E-state index contributed by atoms with van der Waals surface area (Å²) in [5.74, 6) is 0. The molecule has 1 aliphatic heterocycles. The van der Waals surface area contributed by atoms with Crippen molar-refractivity contribution < 1.29 is 9.22 Å². The molecule has 1 fully saturated rings. The molecule has 0 aromatic rings. The Morgan fingerprint density at radius 2 is 1.92 bits per heavy atom. The van der Waals surface area contributed by atoms with Crippen LogP contribution in [-0.4, -0.2) is 30.7 Å². The van der Waals surface area contributed by atoms with Crippen LogP contribution in [0.15, 0.2) is 12.5 Å². The van der Waals surface area contributed by atoms with Gasteiger partial charge < -0.3 is 4.74 Å². The first kappa shape index (κ1) is 10.6. The van der Waals surface area contributed by atoms with Crippen molar-refractivity contribution in [3.63, 3.8) is 0 Å². The van der Waals surface area contributed by atoms with Gasteiger partial charge in [0.1, 0.15) is 12.5 Å². The van der Waals surface area contributed by atoms with Crippen LogP contribution in [0.5, 0.6) is 0 Å². The molecule has 76 valence electrons. The fourth-order valence-corrected chi connectivity index (χ4v) is 1.89. The first-order chi connectivity index (χ1) is 6.33. The standard InChI is InChI=1S/C11H22NO/c1-3-10-13-11-9-12(4-2)7-5-6-8-12/h9,11H,3-8,10H2,1-2H3/q+1/b11-9+. The van der Waals surface area contributed by atoms with E-state index in [1.807, 2.05) is 6.26 Å². The maximum atomic E-state index is 5.38. The van der Waals surface area contributed by atoms with E-state index in [1.165, 1.54) is 32.5 Å². The fraction of sp³-hybridized carbons (Fsp3) is 0.818. The Balaban J connectivity index is 2.34. The van der Waals surface area contributed by atoms with Gasteiger partial charge in [-0.25, -0.2) is 0 Å². The van der Waals surface area contributed by atoms with Crippen molar-refractivity contribution in [2.75, 3.05) is 26.2 Å². The van der Waals surface area contributed by atoms with Gasteiger partial charge in [0.25, 0.3) is 0 Å². The third-order valence-electron chi connectivity index (χ3n) is 2.88. The lowest BCUT2D eigenvalue weighted by atomic mass is 10.4. The summed E-state index contributed by atoms with van der Waals surface area (Å²) in [6, 6.07) is 0. The average Bonchev–Trinajstić information content (AvgIpc) is 2.62. The number of nitrogens with zero attached hydrogens (tertiary/aromatic N) is 1. The van der Waals surface area contributed by atoms with E-state index in [2.05, 4.69) is 20.0 Å². The van der Waals surface area contributed by atoms with Gasteiger partial charge in [-0.1, -0.05) is 6.92 Å². The number of quaternary nitrogens is 1. The summed E-state index contributed by atoms with van der Waals surface area (Å²) >= 11 is 0. The summed E-state index contributed by atoms with van der Waals surface area (Å²) in [7, 11) is 0. The van der Waals surface area contributed by atoms with Crippen molar-refractivity contribution in [2.45, 2.75) is 33.1 Å². The summed E-state index contributed by atoms with van der Waals surface area (Å²) in [6.45, 7) is 9.03. The van der Waals surface area contributed by atoms with Gasteiger partial charge in [0.05, 0.1) is 26.2 Å². The Bertz CT molecular complexity index is 159. The van der Waals surface area contributed by atoms with Gasteiger partial charge >= 0.3 is 0 Å². The molecule has 2 heteroatoms.